The van der Waals surface area contributed by atoms with E-state index in [-0.39, 0.29) is 5.56 Å². The van der Waals surface area contributed by atoms with E-state index in [0.717, 1.165) is 19.4 Å². The monoisotopic (exact) mass is 264 g/mol. The van der Waals surface area contributed by atoms with Crippen LogP contribution in [0.3, 0.4) is 0 Å². The van der Waals surface area contributed by atoms with Gasteiger partial charge in [0, 0.05) is 19.8 Å². The lowest BCUT2D eigenvalue weighted by atomic mass is 10.2. The number of hydrogen-bond donors (Lipinski definition) is 1. The molecule has 0 amide bonds. The molecule has 0 aromatic carbocycles. The van der Waals surface area contributed by atoms with Crippen molar-refractivity contribution in [3.05, 3.63) is 28.7 Å². The second kappa shape index (κ2) is 5.77. The van der Waals surface area contributed by atoms with Gasteiger partial charge in [0.25, 0.3) is 5.56 Å². The third-order valence-corrected chi connectivity index (χ3v) is 3.62. The number of pyridine rings is 1. The SMILES string of the molecule is CCCCn1cccc(-c2nnc(NC)s2)c1=O. The first-order valence-electron chi connectivity index (χ1n) is 5.97. The van der Waals surface area contributed by atoms with Gasteiger partial charge in [-0.15, -0.1) is 10.2 Å². The summed E-state index contributed by atoms with van der Waals surface area (Å²) in [6.45, 7) is 2.86. The van der Waals surface area contributed by atoms with Crippen molar-refractivity contribution in [3.63, 3.8) is 0 Å². The fraction of sp³-hybridized carbons (Fsp3) is 0.417. The number of nitrogens with zero attached hydrogens (tertiary/aromatic N) is 3. The van der Waals surface area contributed by atoms with E-state index in [0.29, 0.717) is 15.7 Å². The molecule has 0 bridgehead atoms. The minimum absolute atomic E-state index is 0.00440. The second-order valence-corrected chi connectivity index (χ2v) is 4.91. The van der Waals surface area contributed by atoms with Gasteiger partial charge < -0.3 is 9.88 Å². The fourth-order valence-corrected chi connectivity index (χ4v) is 2.35. The zero-order chi connectivity index (χ0) is 13.0. The highest BCUT2D eigenvalue weighted by Gasteiger charge is 2.10. The Labute approximate surface area is 110 Å². The smallest absolute Gasteiger partial charge is 0.260 e. The van der Waals surface area contributed by atoms with Gasteiger partial charge in [-0.05, 0) is 18.6 Å². The summed E-state index contributed by atoms with van der Waals surface area (Å²) in [5.41, 5.74) is 0.623. The minimum atomic E-state index is 0.00440. The Hall–Kier alpha value is -1.69. The lowest BCUT2D eigenvalue weighted by Gasteiger charge is -2.05. The number of rotatable bonds is 5. The molecule has 5 nitrogen and oxygen atoms in total. The number of unbranched alkanes of at least 4 members (excludes halogenated alkanes) is 1. The lowest BCUT2D eigenvalue weighted by Crippen LogP contribution is -2.20. The molecule has 2 aromatic rings. The van der Waals surface area contributed by atoms with E-state index in [9.17, 15) is 4.79 Å². The average molecular weight is 264 g/mol. The number of aryl methyl sites for hydroxylation is 1. The van der Waals surface area contributed by atoms with Crippen molar-refractivity contribution in [1.82, 2.24) is 14.8 Å². The minimum Gasteiger partial charge on any atom is -0.363 e. The summed E-state index contributed by atoms with van der Waals surface area (Å²) in [7, 11) is 1.79. The zero-order valence-corrected chi connectivity index (χ0v) is 11.3. The van der Waals surface area contributed by atoms with E-state index in [1.54, 1.807) is 17.7 Å². The average Bonchev–Trinajstić information content (AvgIpc) is 2.86. The maximum atomic E-state index is 12.3. The fourth-order valence-electron chi connectivity index (χ4n) is 1.64. The Morgan fingerprint density at radius 3 is 2.94 bits per heavy atom. The Morgan fingerprint density at radius 2 is 2.28 bits per heavy atom. The zero-order valence-electron chi connectivity index (χ0n) is 10.5. The van der Waals surface area contributed by atoms with Crippen molar-refractivity contribution < 1.29 is 0 Å². The molecule has 2 aromatic heterocycles. The van der Waals surface area contributed by atoms with Crippen molar-refractivity contribution >= 4 is 16.5 Å². The van der Waals surface area contributed by atoms with Crippen LogP contribution in [0.2, 0.25) is 0 Å². The van der Waals surface area contributed by atoms with Crippen LogP contribution in [0.4, 0.5) is 5.13 Å². The highest BCUT2D eigenvalue weighted by molar-refractivity contribution is 7.18. The highest BCUT2D eigenvalue weighted by atomic mass is 32.1. The van der Waals surface area contributed by atoms with Crippen LogP contribution >= 0.6 is 11.3 Å². The molecule has 96 valence electrons. The highest BCUT2D eigenvalue weighted by Crippen LogP contribution is 2.23. The second-order valence-electron chi connectivity index (χ2n) is 3.94. The number of nitrogens with one attached hydrogen (secondary N) is 1. The maximum absolute atomic E-state index is 12.3. The van der Waals surface area contributed by atoms with Crippen LogP contribution in [-0.2, 0) is 6.54 Å². The summed E-state index contributed by atoms with van der Waals surface area (Å²) in [5, 5.41) is 12.3. The number of hydrogen-bond acceptors (Lipinski definition) is 5. The van der Waals surface area contributed by atoms with E-state index in [2.05, 4.69) is 22.4 Å². The third-order valence-electron chi connectivity index (χ3n) is 2.64. The van der Waals surface area contributed by atoms with Crippen molar-refractivity contribution in [2.75, 3.05) is 12.4 Å². The Morgan fingerprint density at radius 1 is 1.44 bits per heavy atom. The van der Waals surface area contributed by atoms with E-state index in [1.165, 1.54) is 11.3 Å². The van der Waals surface area contributed by atoms with Gasteiger partial charge in [0.15, 0.2) is 5.01 Å². The maximum Gasteiger partial charge on any atom is 0.260 e. The van der Waals surface area contributed by atoms with Gasteiger partial charge in [0.05, 0.1) is 5.56 Å². The summed E-state index contributed by atoms with van der Waals surface area (Å²) < 4.78 is 1.74. The van der Waals surface area contributed by atoms with Crippen molar-refractivity contribution in [3.8, 4) is 10.6 Å². The van der Waals surface area contributed by atoms with Crippen molar-refractivity contribution in [2.45, 2.75) is 26.3 Å². The van der Waals surface area contributed by atoms with Crippen LogP contribution in [0.5, 0.6) is 0 Å². The first-order valence-corrected chi connectivity index (χ1v) is 6.79. The molecule has 0 radical (unpaired) electrons. The summed E-state index contributed by atoms with van der Waals surface area (Å²) in [6.07, 6.45) is 3.89. The van der Waals surface area contributed by atoms with Crippen LogP contribution < -0.4 is 10.9 Å². The summed E-state index contributed by atoms with van der Waals surface area (Å²) in [6, 6.07) is 3.68. The molecule has 1 N–H and O–H groups in total. The molecule has 0 atom stereocenters. The quantitative estimate of drug-likeness (QED) is 0.899. The molecule has 6 heteroatoms. The van der Waals surface area contributed by atoms with Gasteiger partial charge in [-0.2, -0.15) is 0 Å². The van der Waals surface area contributed by atoms with E-state index >= 15 is 0 Å². The van der Waals surface area contributed by atoms with Gasteiger partial charge in [0.1, 0.15) is 0 Å². The summed E-state index contributed by atoms with van der Waals surface area (Å²) in [4.78, 5) is 12.3. The topological polar surface area (TPSA) is 59.8 Å². The molecule has 0 saturated carbocycles. The normalized spacial score (nSPS) is 10.6. The Balaban J connectivity index is 2.36. The molecule has 0 spiro atoms. The molecule has 0 unspecified atom stereocenters. The lowest BCUT2D eigenvalue weighted by molar-refractivity contribution is 0.614. The first-order chi connectivity index (χ1) is 8.76. The molecule has 0 aliphatic rings. The van der Waals surface area contributed by atoms with Crippen LogP contribution in [0, 0.1) is 0 Å². The predicted octanol–water partition coefficient (Wildman–Crippen LogP) is 2.21. The molecular formula is C12H16N4OS. The first kappa shape index (κ1) is 12.8. The van der Waals surface area contributed by atoms with Gasteiger partial charge >= 0.3 is 0 Å². The Kier molecular flexibility index (Phi) is 4.09. The summed E-state index contributed by atoms with van der Waals surface area (Å²) in [5.74, 6) is 0. The molecular weight excluding hydrogens is 248 g/mol. The third kappa shape index (κ3) is 2.59. The van der Waals surface area contributed by atoms with Gasteiger partial charge in [-0.3, -0.25) is 4.79 Å². The molecule has 0 saturated heterocycles. The molecule has 2 heterocycles. The number of anilines is 1. The molecule has 0 aliphatic carbocycles. The standard InChI is InChI=1S/C12H16N4OS/c1-3-4-7-16-8-5-6-9(11(16)17)10-14-15-12(13-2)18-10/h5-6,8H,3-4,7H2,1-2H3,(H,13,15). The van der Waals surface area contributed by atoms with Gasteiger partial charge in [-0.1, -0.05) is 24.7 Å². The van der Waals surface area contributed by atoms with Crippen molar-refractivity contribution in [1.29, 1.82) is 0 Å². The van der Waals surface area contributed by atoms with E-state index in [1.807, 2.05) is 12.3 Å². The van der Waals surface area contributed by atoms with Crippen LogP contribution in [0.1, 0.15) is 19.8 Å². The number of aromatic nitrogens is 3. The Bertz CT molecular complexity index is 575. The molecule has 0 aliphatic heterocycles. The summed E-state index contributed by atoms with van der Waals surface area (Å²) >= 11 is 1.39. The molecule has 2 rings (SSSR count). The van der Waals surface area contributed by atoms with Gasteiger partial charge in [-0.25, -0.2) is 0 Å². The van der Waals surface area contributed by atoms with Crippen molar-refractivity contribution in [2.24, 2.45) is 0 Å². The molecule has 18 heavy (non-hydrogen) atoms. The van der Waals surface area contributed by atoms with Crippen LogP contribution in [0.15, 0.2) is 23.1 Å². The molecule has 0 fully saturated rings. The van der Waals surface area contributed by atoms with Crippen LogP contribution in [0.25, 0.3) is 10.6 Å². The van der Waals surface area contributed by atoms with E-state index in [4.69, 9.17) is 0 Å². The predicted molar refractivity (Wildman–Crippen MR) is 74.1 cm³/mol. The van der Waals surface area contributed by atoms with Crippen LogP contribution in [-0.4, -0.2) is 21.8 Å². The largest absolute Gasteiger partial charge is 0.363 e. The van der Waals surface area contributed by atoms with E-state index < -0.39 is 0 Å². The van der Waals surface area contributed by atoms with Gasteiger partial charge in [0.2, 0.25) is 5.13 Å².